The number of nitrogens with zero attached hydrogens (tertiary/aromatic N) is 1. The van der Waals surface area contributed by atoms with Gasteiger partial charge in [0.15, 0.2) is 0 Å². The third-order valence-corrected chi connectivity index (χ3v) is 1.88. The lowest BCUT2D eigenvalue weighted by molar-refractivity contribution is -0.126. The second-order valence-corrected chi connectivity index (χ2v) is 3.20. The molecule has 1 heterocycles. The molecule has 1 aliphatic rings. The van der Waals surface area contributed by atoms with Crippen molar-refractivity contribution in [2.45, 2.75) is 19.9 Å². The number of hydrogen-bond donors (Lipinski definition) is 2. The maximum atomic E-state index is 11.3. The van der Waals surface area contributed by atoms with Gasteiger partial charge < -0.3 is 10.4 Å². The standard InChI is InChI=1S/C8H12N2O3/c1-5(2)6-7(11)9-3-4-10(6)8(12)13/h3-6H,1-2H3,(H,9,11)(H,12,13)/t6-/m1/s1. The van der Waals surface area contributed by atoms with Crippen LogP contribution in [0.3, 0.4) is 0 Å². The van der Waals surface area contributed by atoms with Crippen LogP contribution in [0.4, 0.5) is 4.79 Å². The summed E-state index contributed by atoms with van der Waals surface area (Å²) < 4.78 is 0. The van der Waals surface area contributed by atoms with Crippen LogP contribution in [0.5, 0.6) is 0 Å². The molecule has 2 N–H and O–H groups in total. The molecule has 0 saturated heterocycles. The fourth-order valence-electron chi connectivity index (χ4n) is 1.31. The van der Waals surface area contributed by atoms with Crippen molar-refractivity contribution in [3.05, 3.63) is 12.4 Å². The number of nitrogens with one attached hydrogen (secondary N) is 1. The smallest absolute Gasteiger partial charge is 0.412 e. The monoisotopic (exact) mass is 184 g/mol. The molecule has 0 fully saturated rings. The van der Waals surface area contributed by atoms with Gasteiger partial charge in [-0.1, -0.05) is 13.8 Å². The molecular weight excluding hydrogens is 172 g/mol. The highest BCUT2D eigenvalue weighted by Crippen LogP contribution is 2.14. The molecule has 1 atom stereocenters. The minimum absolute atomic E-state index is 0.0407. The van der Waals surface area contributed by atoms with Gasteiger partial charge in [-0.15, -0.1) is 0 Å². The van der Waals surface area contributed by atoms with Gasteiger partial charge in [0, 0.05) is 12.4 Å². The van der Waals surface area contributed by atoms with E-state index in [2.05, 4.69) is 5.32 Å². The Bertz CT molecular complexity index is 260. The van der Waals surface area contributed by atoms with E-state index in [1.54, 1.807) is 13.8 Å². The Morgan fingerprint density at radius 2 is 2.31 bits per heavy atom. The highest BCUT2D eigenvalue weighted by molar-refractivity contribution is 5.87. The van der Waals surface area contributed by atoms with E-state index in [-0.39, 0.29) is 11.8 Å². The van der Waals surface area contributed by atoms with Gasteiger partial charge in [0.25, 0.3) is 0 Å². The largest absolute Gasteiger partial charge is 0.465 e. The van der Waals surface area contributed by atoms with Crippen LogP contribution in [0.1, 0.15) is 13.8 Å². The summed E-state index contributed by atoms with van der Waals surface area (Å²) in [7, 11) is 0. The van der Waals surface area contributed by atoms with Gasteiger partial charge in [0.2, 0.25) is 5.91 Å². The van der Waals surface area contributed by atoms with Gasteiger partial charge >= 0.3 is 6.09 Å². The van der Waals surface area contributed by atoms with Crippen LogP contribution in [0.2, 0.25) is 0 Å². The Morgan fingerprint density at radius 3 is 2.69 bits per heavy atom. The van der Waals surface area contributed by atoms with E-state index in [4.69, 9.17) is 5.11 Å². The number of carbonyl (C=O) groups excluding carboxylic acids is 1. The second kappa shape index (κ2) is 3.47. The van der Waals surface area contributed by atoms with E-state index in [9.17, 15) is 9.59 Å². The number of carboxylic acid groups (broad SMARTS) is 1. The van der Waals surface area contributed by atoms with Crippen molar-refractivity contribution in [2.75, 3.05) is 0 Å². The van der Waals surface area contributed by atoms with Crippen molar-refractivity contribution in [1.29, 1.82) is 0 Å². The molecular formula is C8H12N2O3. The highest BCUT2D eigenvalue weighted by atomic mass is 16.4. The first-order chi connectivity index (χ1) is 6.04. The molecule has 13 heavy (non-hydrogen) atoms. The molecule has 1 rings (SSSR count). The summed E-state index contributed by atoms with van der Waals surface area (Å²) in [5.74, 6) is -0.319. The number of carbonyl (C=O) groups is 2. The van der Waals surface area contributed by atoms with Gasteiger partial charge in [-0.2, -0.15) is 0 Å². The third-order valence-electron chi connectivity index (χ3n) is 1.88. The van der Waals surface area contributed by atoms with E-state index in [0.717, 1.165) is 4.90 Å². The van der Waals surface area contributed by atoms with Crippen molar-refractivity contribution >= 4 is 12.0 Å². The molecule has 0 spiro atoms. The minimum Gasteiger partial charge on any atom is -0.465 e. The molecule has 0 unspecified atom stereocenters. The highest BCUT2D eigenvalue weighted by Gasteiger charge is 2.32. The third kappa shape index (κ3) is 1.80. The number of rotatable bonds is 1. The number of amides is 2. The molecule has 1 aliphatic heterocycles. The summed E-state index contributed by atoms with van der Waals surface area (Å²) in [5.41, 5.74) is 0. The Kier molecular flexibility index (Phi) is 2.55. The molecule has 72 valence electrons. The molecule has 0 aromatic carbocycles. The average molecular weight is 184 g/mol. The molecule has 5 heteroatoms. The fraction of sp³-hybridized carbons (Fsp3) is 0.500. The zero-order valence-corrected chi connectivity index (χ0v) is 7.52. The summed E-state index contributed by atoms with van der Waals surface area (Å²) in [4.78, 5) is 23.0. The quantitative estimate of drug-likeness (QED) is 0.626. The van der Waals surface area contributed by atoms with Crippen LogP contribution in [-0.4, -0.2) is 28.0 Å². The summed E-state index contributed by atoms with van der Waals surface area (Å²) in [5, 5.41) is 11.2. The SMILES string of the molecule is CC(C)[C@@H]1C(=O)NC=CN1C(=O)O. The maximum absolute atomic E-state index is 11.3. The Labute approximate surface area is 76.0 Å². The first-order valence-electron chi connectivity index (χ1n) is 4.02. The Morgan fingerprint density at radius 1 is 1.69 bits per heavy atom. The maximum Gasteiger partial charge on any atom is 0.412 e. The van der Waals surface area contributed by atoms with Crippen LogP contribution in [0, 0.1) is 5.92 Å². The second-order valence-electron chi connectivity index (χ2n) is 3.20. The predicted molar refractivity (Wildman–Crippen MR) is 45.8 cm³/mol. The Hall–Kier alpha value is -1.52. The molecule has 0 aromatic heterocycles. The first kappa shape index (κ1) is 9.57. The molecule has 0 radical (unpaired) electrons. The van der Waals surface area contributed by atoms with Gasteiger partial charge in [-0.05, 0) is 5.92 Å². The zero-order chi connectivity index (χ0) is 10.0. The van der Waals surface area contributed by atoms with E-state index in [1.165, 1.54) is 12.4 Å². The van der Waals surface area contributed by atoms with Crippen LogP contribution in [0.25, 0.3) is 0 Å². The molecule has 5 nitrogen and oxygen atoms in total. The summed E-state index contributed by atoms with van der Waals surface area (Å²) in [6, 6.07) is -0.623. The van der Waals surface area contributed by atoms with Crippen molar-refractivity contribution in [1.82, 2.24) is 10.2 Å². The number of hydrogen-bond acceptors (Lipinski definition) is 2. The van der Waals surface area contributed by atoms with E-state index >= 15 is 0 Å². The first-order valence-corrected chi connectivity index (χ1v) is 4.02. The fourth-order valence-corrected chi connectivity index (χ4v) is 1.31. The van der Waals surface area contributed by atoms with E-state index < -0.39 is 12.1 Å². The summed E-state index contributed by atoms with van der Waals surface area (Å²) in [6.45, 7) is 3.61. The summed E-state index contributed by atoms with van der Waals surface area (Å²) >= 11 is 0. The van der Waals surface area contributed by atoms with Crippen molar-refractivity contribution in [3.63, 3.8) is 0 Å². The molecule has 0 bridgehead atoms. The van der Waals surface area contributed by atoms with E-state index in [1.807, 2.05) is 0 Å². The van der Waals surface area contributed by atoms with Crippen molar-refractivity contribution in [2.24, 2.45) is 5.92 Å². The molecule has 0 saturated carbocycles. The van der Waals surface area contributed by atoms with Gasteiger partial charge in [0.05, 0.1) is 0 Å². The lowest BCUT2D eigenvalue weighted by atomic mass is 10.0. The van der Waals surface area contributed by atoms with Crippen LogP contribution >= 0.6 is 0 Å². The average Bonchev–Trinajstić information content (AvgIpc) is 2.02. The summed E-state index contributed by atoms with van der Waals surface area (Å²) in [6.07, 6.45) is 1.58. The van der Waals surface area contributed by atoms with Gasteiger partial charge in [-0.3, -0.25) is 9.69 Å². The van der Waals surface area contributed by atoms with Crippen LogP contribution in [0.15, 0.2) is 12.4 Å². The van der Waals surface area contributed by atoms with Crippen molar-refractivity contribution in [3.8, 4) is 0 Å². The normalized spacial score (nSPS) is 21.9. The van der Waals surface area contributed by atoms with Crippen molar-refractivity contribution < 1.29 is 14.7 Å². The zero-order valence-electron chi connectivity index (χ0n) is 7.52. The molecule has 0 aromatic rings. The molecule has 0 aliphatic carbocycles. The van der Waals surface area contributed by atoms with Crippen LogP contribution in [-0.2, 0) is 4.79 Å². The minimum atomic E-state index is -1.11. The van der Waals surface area contributed by atoms with Gasteiger partial charge in [-0.25, -0.2) is 4.79 Å². The van der Waals surface area contributed by atoms with Gasteiger partial charge in [0.1, 0.15) is 6.04 Å². The van der Waals surface area contributed by atoms with E-state index in [0.29, 0.717) is 0 Å². The lowest BCUT2D eigenvalue weighted by Gasteiger charge is -2.30. The van der Waals surface area contributed by atoms with Crippen LogP contribution < -0.4 is 5.32 Å². The predicted octanol–water partition coefficient (Wildman–Crippen LogP) is 0.592. The molecule has 2 amide bonds. The topological polar surface area (TPSA) is 69.6 Å². The Balaban J connectivity index is 2.91. The lowest BCUT2D eigenvalue weighted by Crippen LogP contribution is -2.51.